The molecule has 0 spiro atoms. The van der Waals surface area contributed by atoms with Crippen molar-refractivity contribution >= 4 is 0 Å². The Balaban J connectivity index is 3.09. The average molecular weight is 211 g/mol. The van der Waals surface area contributed by atoms with Crippen LogP contribution in [-0.4, -0.2) is 25.4 Å². The second kappa shape index (κ2) is 5.58. The Morgan fingerprint density at radius 2 is 2.20 bits per heavy atom. The molecule has 0 aliphatic carbocycles. The molecule has 0 aromatic heterocycles. The molecule has 0 amide bonds. The fourth-order valence-electron chi connectivity index (χ4n) is 1.41. The smallest absolute Gasteiger partial charge is 0.166 e. The van der Waals surface area contributed by atoms with Gasteiger partial charge >= 0.3 is 0 Å². The van der Waals surface area contributed by atoms with E-state index in [9.17, 15) is 5.11 Å². The lowest BCUT2D eigenvalue weighted by Gasteiger charge is -2.16. The highest BCUT2D eigenvalue weighted by molar-refractivity contribution is 5.47. The summed E-state index contributed by atoms with van der Waals surface area (Å²) in [5.41, 5.74) is 6.06. The SMILES string of the molecule is CCOc1cccc(C(O)CN)c1OC. The van der Waals surface area contributed by atoms with E-state index in [1.807, 2.05) is 13.0 Å². The van der Waals surface area contributed by atoms with Gasteiger partial charge in [0.1, 0.15) is 0 Å². The Morgan fingerprint density at radius 1 is 1.47 bits per heavy atom. The van der Waals surface area contributed by atoms with E-state index in [1.54, 1.807) is 19.2 Å². The number of nitrogens with two attached hydrogens (primary N) is 1. The molecular weight excluding hydrogens is 194 g/mol. The minimum Gasteiger partial charge on any atom is -0.492 e. The van der Waals surface area contributed by atoms with Crippen molar-refractivity contribution < 1.29 is 14.6 Å². The van der Waals surface area contributed by atoms with Gasteiger partial charge in [-0.15, -0.1) is 0 Å². The summed E-state index contributed by atoms with van der Waals surface area (Å²) >= 11 is 0. The normalized spacial score (nSPS) is 12.3. The standard InChI is InChI=1S/C11H17NO3/c1-3-15-10-6-4-5-8(9(13)7-12)11(10)14-2/h4-6,9,13H,3,7,12H2,1-2H3. The fraction of sp³-hybridized carbons (Fsp3) is 0.455. The zero-order valence-electron chi connectivity index (χ0n) is 9.06. The van der Waals surface area contributed by atoms with E-state index >= 15 is 0 Å². The van der Waals surface area contributed by atoms with Gasteiger partial charge in [0, 0.05) is 12.1 Å². The molecule has 15 heavy (non-hydrogen) atoms. The van der Waals surface area contributed by atoms with Crippen LogP contribution < -0.4 is 15.2 Å². The number of hydrogen-bond donors (Lipinski definition) is 2. The second-order valence-corrected chi connectivity index (χ2v) is 3.06. The van der Waals surface area contributed by atoms with Crippen molar-refractivity contribution in [3.63, 3.8) is 0 Å². The van der Waals surface area contributed by atoms with E-state index < -0.39 is 6.10 Å². The lowest BCUT2D eigenvalue weighted by molar-refractivity contribution is 0.180. The zero-order valence-corrected chi connectivity index (χ0v) is 9.06. The third-order valence-electron chi connectivity index (χ3n) is 2.10. The van der Waals surface area contributed by atoms with Gasteiger partial charge in [-0.05, 0) is 13.0 Å². The van der Waals surface area contributed by atoms with Crippen LogP contribution in [0.5, 0.6) is 11.5 Å². The fourth-order valence-corrected chi connectivity index (χ4v) is 1.41. The Labute approximate surface area is 89.6 Å². The maximum Gasteiger partial charge on any atom is 0.166 e. The average Bonchev–Trinajstić information content (AvgIpc) is 2.28. The number of ether oxygens (including phenoxy) is 2. The summed E-state index contributed by atoms with van der Waals surface area (Å²) in [4.78, 5) is 0. The molecule has 3 N–H and O–H groups in total. The first kappa shape index (κ1) is 11.8. The molecule has 0 radical (unpaired) electrons. The monoisotopic (exact) mass is 211 g/mol. The van der Waals surface area contributed by atoms with Crippen molar-refractivity contribution in [3.8, 4) is 11.5 Å². The molecule has 4 nitrogen and oxygen atoms in total. The lowest BCUT2D eigenvalue weighted by Crippen LogP contribution is -2.13. The Kier molecular flexibility index (Phi) is 4.39. The summed E-state index contributed by atoms with van der Waals surface area (Å²) in [6, 6.07) is 5.38. The van der Waals surface area contributed by atoms with Crippen LogP contribution in [0.15, 0.2) is 18.2 Å². The molecule has 1 aromatic carbocycles. The van der Waals surface area contributed by atoms with Crippen LogP contribution in [0.3, 0.4) is 0 Å². The number of rotatable bonds is 5. The molecule has 1 atom stereocenters. The number of benzene rings is 1. The van der Waals surface area contributed by atoms with Crippen molar-refractivity contribution in [1.29, 1.82) is 0 Å². The first-order chi connectivity index (χ1) is 7.24. The van der Waals surface area contributed by atoms with E-state index in [1.165, 1.54) is 0 Å². The van der Waals surface area contributed by atoms with E-state index in [0.717, 1.165) is 0 Å². The summed E-state index contributed by atoms with van der Waals surface area (Å²) in [5, 5.41) is 9.67. The molecule has 0 saturated carbocycles. The van der Waals surface area contributed by atoms with E-state index in [2.05, 4.69) is 0 Å². The van der Waals surface area contributed by atoms with E-state index in [4.69, 9.17) is 15.2 Å². The van der Waals surface area contributed by atoms with Crippen molar-refractivity contribution in [3.05, 3.63) is 23.8 Å². The van der Waals surface area contributed by atoms with Gasteiger partial charge in [0.2, 0.25) is 0 Å². The molecule has 0 bridgehead atoms. The Bertz CT molecular complexity index is 315. The molecular formula is C11H17NO3. The van der Waals surface area contributed by atoms with Crippen molar-refractivity contribution in [2.75, 3.05) is 20.3 Å². The molecule has 0 aliphatic rings. The number of methoxy groups -OCH3 is 1. The van der Waals surface area contributed by atoms with E-state index in [-0.39, 0.29) is 6.54 Å². The molecule has 4 heteroatoms. The maximum atomic E-state index is 9.67. The summed E-state index contributed by atoms with van der Waals surface area (Å²) in [7, 11) is 1.55. The van der Waals surface area contributed by atoms with E-state index in [0.29, 0.717) is 23.7 Å². The van der Waals surface area contributed by atoms with Gasteiger partial charge in [-0.3, -0.25) is 0 Å². The highest BCUT2D eigenvalue weighted by Gasteiger charge is 2.15. The molecule has 1 unspecified atom stereocenters. The third kappa shape index (κ3) is 2.61. The quantitative estimate of drug-likeness (QED) is 0.765. The first-order valence-electron chi connectivity index (χ1n) is 4.92. The van der Waals surface area contributed by atoms with Crippen molar-refractivity contribution in [2.45, 2.75) is 13.0 Å². The van der Waals surface area contributed by atoms with Gasteiger partial charge in [-0.1, -0.05) is 12.1 Å². The molecule has 0 aliphatic heterocycles. The predicted molar refractivity (Wildman–Crippen MR) is 58.2 cm³/mol. The summed E-state index contributed by atoms with van der Waals surface area (Å²) in [5.74, 6) is 1.18. The van der Waals surface area contributed by atoms with Crippen molar-refractivity contribution in [2.24, 2.45) is 5.73 Å². The van der Waals surface area contributed by atoms with Crippen LogP contribution in [0.25, 0.3) is 0 Å². The van der Waals surface area contributed by atoms with Crippen LogP contribution in [0.1, 0.15) is 18.6 Å². The highest BCUT2D eigenvalue weighted by atomic mass is 16.5. The largest absolute Gasteiger partial charge is 0.492 e. The molecule has 1 rings (SSSR count). The Morgan fingerprint density at radius 3 is 2.73 bits per heavy atom. The lowest BCUT2D eigenvalue weighted by atomic mass is 10.1. The zero-order chi connectivity index (χ0) is 11.3. The van der Waals surface area contributed by atoms with Gasteiger partial charge in [0.05, 0.1) is 19.8 Å². The molecule has 1 aromatic rings. The number of aliphatic hydroxyl groups is 1. The van der Waals surface area contributed by atoms with Crippen LogP contribution >= 0.6 is 0 Å². The minimum absolute atomic E-state index is 0.159. The van der Waals surface area contributed by atoms with Crippen molar-refractivity contribution in [1.82, 2.24) is 0 Å². The topological polar surface area (TPSA) is 64.7 Å². The first-order valence-corrected chi connectivity index (χ1v) is 4.92. The molecule has 0 heterocycles. The Hall–Kier alpha value is -1.26. The maximum absolute atomic E-state index is 9.67. The van der Waals surface area contributed by atoms with Gasteiger partial charge in [0.25, 0.3) is 0 Å². The molecule has 0 fully saturated rings. The summed E-state index contributed by atoms with van der Waals surface area (Å²) < 4.78 is 10.6. The highest BCUT2D eigenvalue weighted by Crippen LogP contribution is 2.34. The number of hydrogen-bond acceptors (Lipinski definition) is 4. The number of para-hydroxylation sites is 1. The second-order valence-electron chi connectivity index (χ2n) is 3.06. The van der Waals surface area contributed by atoms with Gasteiger partial charge in [-0.2, -0.15) is 0 Å². The molecule has 0 saturated heterocycles. The summed E-state index contributed by atoms with van der Waals surface area (Å²) in [6.07, 6.45) is -0.722. The summed E-state index contributed by atoms with van der Waals surface area (Å²) in [6.45, 7) is 2.61. The van der Waals surface area contributed by atoms with Crippen LogP contribution in [0, 0.1) is 0 Å². The van der Waals surface area contributed by atoms with Gasteiger partial charge in [0.15, 0.2) is 11.5 Å². The third-order valence-corrected chi connectivity index (χ3v) is 2.10. The minimum atomic E-state index is -0.722. The predicted octanol–water partition coefficient (Wildman–Crippen LogP) is 1.09. The van der Waals surface area contributed by atoms with Crippen LogP contribution in [0.4, 0.5) is 0 Å². The van der Waals surface area contributed by atoms with Crippen LogP contribution in [-0.2, 0) is 0 Å². The van der Waals surface area contributed by atoms with Crippen LogP contribution in [0.2, 0.25) is 0 Å². The molecule has 84 valence electrons. The van der Waals surface area contributed by atoms with Gasteiger partial charge < -0.3 is 20.3 Å². The number of aliphatic hydroxyl groups excluding tert-OH is 1. The van der Waals surface area contributed by atoms with Gasteiger partial charge in [-0.25, -0.2) is 0 Å².